The number of carboxylic acids is 1. The summed E-state index contributed by atoms with van der Waals surface area (Å²) in [5.41, 5.74) is 0. The summed E-state index contributed by atoms with van der Waals surface area (Å²) in [5.74, 6) is -0.441. The van der Waals surface area contributed by atoms with Crippen LogP contribution in [0.4, 0.5) is 0 Å². The van der Waals surface area contributed by atoms with Gasteiger partial charge in [0.15, 0.2) is 0 Å². The normalized spacial score (nSPS) is 26.6. The van der Waals surface area contributed by atoms with Gasteiger partial charge in [-0.15, -0.1) is 11.8 Å². The van der Waals surface area contributed by atoms with Crippen LogP contribution in [0, 0.1) is 0 Å². The van der Waals surface area contributed by atoms with E-state index in [0.29, 0.717) is 12.2 Å². The lowest BCUT2D eigenvalue weighted by molar-refractivity contribution is -0.149. The zero-order valence-corrected chi connectivity index (χ0v) is 9.21. The number of thioether (sulfide) groups is 1. The molecule has 1 aliphatic rings. The Bertz CT molecular complexity index is 244. The molecule has 5 heteroatoms. The van der Waals surface area contributed by atoms with Crippen molar-refractivity contribution in [3.63, 3.8) is 0 Å². The van der Waals surface area contributed by atoms with Gasteiger partial charge < -0.3 is 10.0 Å². The van der Waals surface area contributed by atoms with E-state index in [1.165, 1.54) is 4.90 Å². The first-order valence-corrected chi connectivity index (χ1v) is 5.82. The molecule has 2 unspecified atom stereocenters. The molecule has 0 aromatic carbocycles. The van der Waals surface area contributed by atoms with Crippen molar-refractivity contribution in [2.75, 3.05) is 5.75 Å². The Labute approximate surface area is 87.7 Å². The lowest BCUT2D eigenvalue weighted by Crippen LogP contribution is -2.45. The fourth-order valence-corrected chi connectivity index (χ4v) is 2.95. The second-order valence-electron chi connectivity index (χ2n) is 3.20. The fourth-order valence-electron chi connectivity index (χ4n) is 1.59. The Morgan fingerprint density at radius 3 is 2.57 bits per heavy atom. The molecule has 0 spiro atoms. The van der Waals surface area contributed by atoms with E-state index in [2.05, 4.69) is 0 Å². The number of hydrogen-bond donors (Lipinski definition) is 1. The maximum Gasteiger partial charge on any atom is 0.327 e. The van der Waals surface area contributed by atoms with Gasteiger partial charge in [-0.1, -0.05) is 13.8 Å². The highest BCUT2D eigenvalue weighted by atomic mass is 32.2. The largest absolute Gasteiger partial charge is 0.480 e. The van der Waals surface area contributed by atoms with Crippen molar-refractivity contribution in [3.05, 3.63) is 0 Å². The Morgan fingerprint density at radius 2 is 2.14 bits per heavy atom. The second-order valence-corrected chi connectivity index (χ2v) is 4.42. The Morgan fingerprint density at radius 1 is 1.50 bits per heavy atom. The van der Waals surface area contributed by atoms with Crippen molar-refractivity contribution in [2.24, 2.45) is 0 Å². The molecule has 1 N–H and O–H groups in total. The van der Waals surface area contributed by atoms with Gasteiger partial charge in [-0.3, -0.25) is 4.79 Å². The topological polar surface area (TPSA) is 57.6 Å². The van der Waals surface area contributed by atoms with Crippen LogP contribution in [0.25, 0.3) is 0 Å². The van der Waals surface area contributed by atoms with E-state index < -0.39 is 12.0 Å². The molecule has 1 saturated heterocycles. The molecule has 0 saturated carbocycles. The molecule has 0 aliphatic carbocycles. The molecule has 2 atom stereocenters. The van der Waals surface area contributed by atoms with E-state index in [1.54, 1.807) is 18.7 Å². The molecule has 80 valence electrons. The molecular weight excluding hydrogens is 202 g/mol. The first-order valence-electron chi connectivity index (χ1n) is 4.77. The van der Waals surface area contributed by atoms with Gasteiger partial charge in [0.1, 0.15) is 6.04 Å². The Kier molecular flexibility index (Phi) is 3.80. The van der Waals surface area contributed by atoms with Crippen molar-refractivity contribution in [1.29, 1.82) is 0 Å². The van der Waals surface area contributed by atoms with Crippen LogP contribution in [0.5, 0.6) is 0 Å². The number of hydrogen-bond acceptors (Lipinski definition) is 3. The highest BCUT2D eigenvalue weighted by molar-refractivity contribution is 8.00. The van der Waals surface area contributed by atoms with Crippen molar-refractivity contribution in [3.8, 4) is 0 Å². The summed E-state index contributed by atoms with van der Waals surface area (Å²) in [6, 6.07) is -0.627. The number of nitrogens with zero attached hydrogens (tertiary/aromatic N) is 1. The number of amides is 1. The lowest BCUT2D eigenvalue weighted by Gasteiger charge is -2.26. The maximum atomic E-state index is 11.5. The summed E-state index contributed by atoms with van der Waals surface area (Å²) in [7, 11) is 0. The van der Waals surface area contributed by atoms with E-state index in [-0.39, 0.29) is 11.3 Å². The number of rotatable bonds is 3. The van der Waals surface area contributed by atoms with Crippen LogP contribution in [0.15, 0.2) is 0 Å². The summed E-state index contributed by atoms with van der Waals surface area (Å²) in [4.78, 5) is 24.0. The van der Waals surface area contributed by atoms with Crippen LogP contribution in [-0.2, 0) is 9.59 Å². The number of carbonyl (C=O) groups is 2. The Hall–Kier alpha value is -0.710. The molecule has 0 aromatic rings. The highest BCUT2D eigenvalue weighted by Crippen LogP contribution is 2.31. The lowest BCUT2D eigenvalue weighted by atomic mass is 10.2. The molecule has 1 heterocycles. The average Bonchev–Trinajstić information content (AvgIpc) is 2.59. The summed E-state index contributed by atoms with van der Waals surface area (Å²) in [5, 5.41) is 8.98. The predicted molar refractivity (Wildman–Crippen MR) is 55.1 cm³/mol. The van der Waals surface area contributed by atoms with Crippen LogP contribution in [-0.4, -0.2) is 39.1 Å². The van der Waals surface area contributed by atoms with E-state index in [0.717, 1.165) is 6.42 Å². The van der Waals surface area contributed by atoms with Crippen molar-refractivity contribution >= 4 is 23.6 Å². The smallest absolute Gasteiger partial charge is 0.327 e. The fraction of sp³-hybridized carbons (Fsp3) is 0.778. The summed E-state index contributed by atoms with van der Waals surface area (Å²) >= 11 is 1.55. The van der Waals surface area contributed by atoms with Gasteiger partial charge in [0.05, 0.1) is 5.37 Å². The van der Waals surface area contributed by atoms with Gasteiger partial charge in [-0.2, -0.15) is 0 Å². The van der Waals surface area contributed by atoms with Crippen molar-refractivity contribution in [2.45, 2.75) is 38.1 Å². The zero-order valence-electron chi connectivity index (χ0n) is 8.40. The first kappa shape index (κ1) is 11.4. The third-order valence-electron chi connectivity index (χ3n) is 2.32. The number of carboxylic acid groups (broad SMARTS) is 1. The number of aliphatic carboxylic acids is 1. The SMILES string of the molecule is CCC(=O)N1C(CC)SCC1C(=O)O. The molecule has 1 aliphatic heterocycles. The molecule has 14 heavy (non-hydrogen) atoms. The third kappa shape index (κ3) is 2.03. The standard InChI is InChI=1S/C9H15NO3S/c1-3-7(11)10-6(9(12)13)5-14-8(10)4-2/h6,8H,3-5H2,1-2H3,(H,12,13). The minimum Gasteiger partial charge on any atom is -0.480 e. The minimum absolute atomic E-state index is 0.0450. The predicted octanol–water partition coefficient (Wildman–Crippen LogP) is 1.16. The van der Waals surface area contributed by atoms with E-state index in [4.69, 9.17) is 5.11 Å². The molecular formula is C9H15NO3S. The van der Waals surface area contributed by atoms with Gasteiger partial charge in [-0.05, 0) is 6.42 Å². The summed E-state index contributed by atoms with van der Waals surface area (Å²) in [6.45, 7) is 3.73. The van der Waals surface area contributed by atoms with Gasteiger partial charge in [-0.25, -0.2) is 4.79 Å². The maximum absolute atomic E-state index is 11.5. The Balaban J connectivity index is 2.80. The van der Waals surface area contributed by atoms with Gasteiger partial charge in [0, 0.05) is 12.2 Å². The minimum atomic E-state index is -0.893. The summed E-state index contributed by atoms with van der Waals surface area (Å²) < 4.78 is 0. The van der Waals surface area contributed by atoms with E-state index >= 15 is 0 Å². The molecule has 0 radical (unpaired) electrons. The van der Waals surface area contributed by atoms with E-state index in [1.807, 2.05) is 6.92 Å². The highest BCUT2D eigenvalue weighted by Gasteiger charge is 2.39. The molecule has 1 rings (SSSR count). The van der Waals surface area contributed by atoms with E-state index in [9.17, 15) is 9.59 Å². The third-order valence-corrected chi connectivity index (χ3v) is 3.77. The van der Waals surface area contributed by atoms with Gasteiger partial charge in [0.25, 0.3) is 0 Å². The van der Waals surface area contributed by atoms with Crippen LogP contribution in [0.1, 0.15) is 26.7 Å². The number of carbonyl (C=O) groups excluding carboxylic acids is 1. The molecule has 1 amide bonds. The van der Waals surface area contributed by atoms with Crippen LogP contribution < -0.4 is 0 Å². The molecule has 4 nitrogen and oxygen atoms in total. The van der Waals surface area contributed by atoms with Gasteiger partial charge in [0.2, 0.25) is 5.91 Å². The van der Waals surface area contributed by atoms with Crippen LogP contribution >= 0.6 is 11.8 Å². The average molecular weight is 217 g/mol. The van der Waals surface area contributed by atoms with Crippen molar-refractivity contribution in [1.82, 2.24) is 4.90 Å². The molecule has 0 bridgehead atoms. The monoisotopic (exact) mass is 217 g/mol. The van der Waals surface area contributed by atoms with Crippen LogP contribution in [0.3, 0.4) is 0 Å². The zero-order chi connectivity index (χ0) is 10.7. The molecule has 1 fully saturated rings. The summed E-state index contributed by atoms with van der Waals surface area (Å²) in [6.07, 6.45) is 1.18. The second kappa shape index (κ2) is 4.68. The first-order chi connectivity index (χ1) is 6.61. The van der Waals surface area contributed by atoms with Crippen LogP contribution in [0.2, 0.25) is 0 Å². The van der Waals surface area contributed by atoms with Gasteiger partial charge >= 0.3 is 5.97 Å². The quantitative estimate of drug-likeness (QED) is 0.770. The van der Waals surface area contributed by atoms with Crippen molar-refractivity contribution < 1.29 is 14.7 Å². The molecule has 0 aromatic heterocycles.